The van der Waals surface area contributed by atoms with Gasteiger partial charge in [0.15, 0.2) is 5.78 Å². The summed E-state index contributed by atoms with van der Waals surface area (Å²) >= 11 is 0. The van der Waals surface area contributed by atoms with E-state index in [2.05, 4.69) is 4.74 Å². The monoisotopic (exact) mass is 246 g/mol. The van der Waals surface area contributed by atoms with Crippen molar-refractivity contribution in [3.8, 4) is 0 Å². The van der Waals surface area contributed by atoms with E-state index in [1.54, 1.807) is 0 Å². The molecule has 1 aromatic rings. The summed E-state index contributed by atoms with van der Waals surface area (Å²) < 4.78 is 44.3. The predicted molar refractivity (Wildman–Crippen MR) is 52.3 cm³/mol. The molecule has 3 nitrogen and oxygen atoms in total. The fraction of sp³-hybridized carbons (Fsp3) is 0.273. The molecule has 0 saturated heterocycles. The number of halogens is 3. The first-order chi connectivity index (χ1) is 7.82. The molecule has 0 aliphatic carbocycles. The van der Waals surface area contributed by atoms with Crippen molar-refractivity contribution in [2.75, 3.05) is 7.11 Å². The molecule has 1 rings (SSSR count). The molecule has 0 aromatic heterocycles. The second-order valence-electron chi connectivity index (χ2n) is 3.29. The number of rotatable bonds is 3. The van der Waals surface area contributed by atoms with Crippen LogP contribution < -0.4 is 0 Å². The van der Waals surface area contributed by atoms with Crippen LogP contribution in [-0.4, -0.2) is 18.9 Å². The van der Waals surface area contributed by atoms with Crippen LogP contribution in [0.1, 0.15) is 22.8 Å². The second kappa shape index (κ2) is 4.57. The van der Waals surface area contributed by atoms with Crippen molar-refractivity contribution in [3.05, 3.63) is 35.1 Å². The lowest BCUT2D eigenvalue weighted by atomic mass is 10.0. The first kappa shape index (κ1) is 13.2. The summed E-state index contributed by atoms with van der Waals surface area (Å²) in [6.07, 6.45) is 0. The lowest BCUT2D eigenvalue weighted by Crippen LogP contribution is -2.29. The molecule has 0 heterocycles. The van der Waals surface area contributed by atoms with E-state index in [9.17, 15) is 22.8 Å². The highest BCUT2D eigenvalue weighted by Crippen LogP contribution is 2.32. The van der Waals surface area contributed by atoms with Gasteiger partial charge < -0.3 is 4.74 Å². The Bertz CT molecular complexity index is 469. The van der Waals surface area contributed by atoms with E-state index in [-0.39, 0.29) is 0 Å². The summed E-state index contributed by atoms with van der Waals surface area (Å²) in [5, 5.41) is 0. The highest BCUT2D eigenvalue weighted by molar-refractivity contribution is 5.95. The Kier molecular flexibility index (Phi) is 3.55. The summed E-state index contributed by atoms with van der Waals surface area (Å²) in [5.74, 6) is -8.11. The van der Waals surface area contributed by atoms with Crippen molar-refractivity contribution in [1.29, 1.82) is 0 Å². The lowest BCUT2D eigenvalue weighted by Gasteiger charge is -2.15. The fourth-order valence-electron chi connectivity index (χ4n) is 1.28. The zero-order valence-corrected chi connectivity index (χ0v) is 9.09. The van der Waals surface area contributed by atoms with Gasteiger partial charge in [-0.05, 0) is 19.1 Å². The number of carbonyl (C=O) groups is 2. The fourth-order valence-corrected chi connectivity index (χ4v) is 1.28. The number of Topliss-reactive ketones (excluding diaryl/α,β-unsaturated/α-hetero) is 1. The highest BCUT2D eigenvalue weighted by atomic mass is 19.3. The van der Waals surface area contributed by atoms with Gasteiger partial charge in [0.2, 0.25) is 0 Å². The summed E-state index contributed by atoms with van der Waals surface area (Å²) in [6.45, 7) is 1.04. The maximum Gasteiger partial charge on any atom is 0.381 e. The molecular formula is C11H9F3O3. The van der Waals surface area contributed by atoms with Crippen LogP contribution in [0.5, 0.6) is 0 Å². The number of benzene rings is 1. The molecule has 6 heteroatoms. The van der Waals surface area contributed by atoms with Crippen LogP contribution in [0.2, 0.25) is 0 Å². The number of esters is 1. The minimum absolute atomic E-state index is 0.494. The lowest BCUT2D eigenvalue weighted by molar-refractivity contribution is -0.170. The van der Waals surface area contributed by atoms with Gasteiger partial charge in [0.1, 0.15) is 5.82 Å². The molecule has 0 unspecified atom stereocenters. The Labute approximate surface area is 95.2 Å². The minimum atomic E-state index is -4.12. The van der Waals surface area contributed by atoms with Gasteiger partial charge in [-0.2, -0.15) is 8.78 Å². The van der Waals surface area contributed by atoms with Crippen molar-refractivity contribution < 1.29 is 27.5 Å². The summed E-state index contributed by atoms with van der Waals surface area (Å²) in [6, 6.07) is 2.87. The van der Waals surface area contributed by atoms with Gasteiger partial charge in [-0.15, -0.1) is 0 Å². The van der Waals surface area contributed by atoms with E-state index >= 15 is 0 Å². The standard InChI is InChI=1S/C11H9F3O3/c1-6(15)7-4-3-5-8(9(7)12)11(13,14)10(16)17-2/h3-5H,1-2H3. The van der Waals surface area contributed by atoms with Gasteiger partial charge in [-0.1, -0.05) is 6.07 Å². The van der Waals surface area contributed by atoms with Gasteiger partial charge in [0.25, 0.3) is 0 Å². The molecule has 0 aliphatic rings. The molecule has 0 atom stereocenters. The van der Waals surface area contributed by atoms with Gasteiger partial charge in [0, 0.05) is 0 Å². The van der Waals surface area contributed by atoms with Crippen LogP contribution in [0.4, 0.5) is 13.2 Å². The minimum Gasteiger partial charge on any atom is -0.464 e. The first-order valence-corrected chi connectivity index (χ1v) is 4.58. The predicted octanol–water partition coefficient (Wildman–Crippen LogP) is 2.29. The van der Waals surface area contributed by atoms with Gasteiger partial charge >= 0.3 is 11.9 Å². The zero-order valence-electron chi connectivity index (χ0n) is 9.09. The van der Waals surface area contributed by atoms with Crippen LogP contribution in [0.3, 0.4) is 0 Å². The summed E-state index contributed by atoms with van der Waals surface area (Å²) in [4.78, 5) is 21.8. The smallest absolute Gasteiger partial charge is 0.381 e. The average Bonchev–Trinajstić information content (AvgIpc) is 2.27. The molecule has 0 saturated carbocycles. The van der Waals surface area contributed by atoms with Gasteiger partial charge in [-0.3, -0.25) is 4.79 Å². The normalized spacial score (nSPS) is 11.1. The molecular weight excluding hydrogens is 237 g/mol. The molecule has 1 aromatic carbocycles. The number of hydrogen-bond donors (Lipinski definition) is 0. The van der Waals surface area contributed by atoms with E-state index < -0.39 is 34.6 Å². The summed E-state index contributed by atoms with van der Waals surface area (Å²) in [7, 11) is 0.767. The Hall–Kier alpha value is -1.85. The Morgan fingerprint density at radius 1 is 1.29 bits per heavy atom. The second-order valence-corrected chi connectivity index (χ2v) is 3.29. The van der Waals surface area contributed by atoms with E-state index in [0.717, 1.165) is 32.2 Å². The van der Waals surface area contributed by atoms with Crippen molar-refractivity contribution in [2.45, 2.75) is 12.8 Å². The Morgan fingerprint density at radius 2 is 1.88 bits per heavy atom. The van der Waals surface area contributed by atoms with Crippen LogP contribution in [0.15, 0.2) is 18.2 Å². The molecule has 0 amide bonds. The van der Waals surface area contributed by atoms with Crippen molar-refractivity contribution in [3.63, 3.8) is 0 Å². The summed E-state index contributed by atoms with van der Waals surface area (Å²) in [5.41, 5.74) is -1.66. The molecule has 0 fully saturated rings. The maximum atomic E-state index is 13.6. The SMILES string of the molecule is COC(=O)C(F)(F)c1cccc(C(C)=O)c1F. The third-order valence-corrected chi connectivity index (χ3v) is 2.16. The third kappa shape index (κ3) is 2.30. The molecule has 0 radical (unpaired) electrons. The molecule has 0 spiro atoms. The Balaban J connectivity index is 3.37. The molecule has 0 N–H and O–H groups in total. The average molecular weight is 246 g/mol. The Morgan fingerprint density at radius 3 is 2.35 bits per heavy atom. The van der Waals surface area contributed by atoms with E-state index in [4.69, 9.17) is 0 Å². The number of carbonyl (C=O) groups excluding carboxylic acids is 2. The van der Waals surface area contributed by atoms with E-state index in [0.29, 0.717) is 0 Å². The van der Waals surface area contributed by atoms with Gasteiger partial charge in [-0.25, -0.2) is 9.18 Å². The van der Waals surface area contributed by atoms with Crippen LogP contribution in [0.25, 0.3) is 0 Å². The topological polar surface area (TPSA) is 43.4 Å². The van der Waals surface area contributed by atoms with Crippen molar-refractivity contribution in [2.24, 2.45) is 0 Å². The highest BCUT2D eigenvalue weighted by Gasteiger charge is 2.45. The van der Waals surface area contributed by atoms with Crippen LogP contribution in [-0.2, 0) is 15.5 Å². The zero-order chi connectivity index (χ0) is 13.2. The van der Waals surface area contributed by atoms with Crippen molar-refractivity contribution >= 4 is 11.8 Å². The third-order valence-electron chi connectivity index (χ3n) is 2.16. The largest absolute Gasteiger partial charge is 0.464 e. The number of alkyl halides is 2. The number of ketones is 1. The van der Waals surface area contributed by atoms with E-state index in [1.807, 2.05) is 0 Å². The number of ether oxygens (including phenoxy) is 1. The molecule has 0 bridgehead atoms. The number of methoxy groups -OCH3 is 1. The number of hydrogen-bond acceptors (Lipinski definition) is 3. The van der Waals surface area contributed by atoms with Crippen LogP contribution in [0, 0.1) is 5.82 Å². The van der Waals surface area contributed by atoms with Crippen molar-refractivity contribution in [1.82, 2.24) is 0 Å². The van der Waals surface area contributed by atoms with Gasteiger partial charge in [0.05, 0.1) is 18.2 Å². The maximum absolute atomic E-state index is 13.6. The first-order valence-electron chi connectivity index (χ1n) is 4.58. The molecule has 92 valence electrons. The molecule has 17 heavy (non-hydrogen) atoms. The quantitative estimate of drug-likeness (QED) is 0.607. The molecule has 0 aliphatic heterocycles. The van der Waals surface area contributed by atoms with Crippen LogP contribution >= 0.6 is 0 Å². The van der Waals surface area contributed by atoms with E-state index in [1.165, 1.54) is 0 Å².